The number of halogens is 2. The van der Waals surface area contributed by atoms with E-state index in [1.54, 1.807) is 17.7 Å². The molecule has 0 aliphatic rings. The van der Waals surface area contributed by atoms with E-state index in [1.807, 2.05) is 24.3 Å². The lowest BCUT2D eigenvalue weighted by molar-refractivity contribution is 0.102. The van der Waals surface area contributed by atoms with E-state index in [0.717, 1.165) is 10.2 Å². The van der Waals surface area contributed by atoms with Crippen molar-refractivity contribution in [1.29, 1.82) is 0 Å². The number of amides is 1. The Kier molecular flexibility index (Phi) is 4.20. The first-order valence-corrected chi connectivity index (χ1v) is 7.59. The number of benzene rings is 2. The molecule has 23 heavy (non-hydrogen) atoms. The van der Waals surface area contributed by atoms with Crippen molar-refractivity contribution >= 4 is 27.5 Å². The number of rotatable bonds is 3. The summed E-state index contributed by atoms with van der Waals surface area (Å²) in [7, 11) is 0. The molecule has 1 N–H and O–H groups in total. The number of carbonyl (C=O) groups excluding carboxylic acids is 1. The first-order valence-electron chi connectivity index (χ1n) is 6.80. The van der Waals surface area contributed by atoms with Crippen LogP contribution in [0.25, 0.3) is 5.69 Å². The van der Waals surface area contributed by atoms with Gasteiger partial charge in [0, 0.05) is 10.2 Å². The molecule has 0 fully saturated rings. The average molecular weight is 375 g/mol. The molecule has 0 atom stereocenters. The zero-order chi connectivity index (χ0) is 16.4. The SMILES string of the molecule is Cc1c(C(=O)Nc2cccc(F)c2)nnn1-c1ccccc1Br. The fourth-order valence-corrected chi connectivity index (χ4v) is 2.60. The van der Waals surface area contributed by atoms with E-state index in [0.29, 0.717) is 11.4 Å². The van der Waals surface area contributed by atoms with Crippen molar-refractivity contribution in [3.05, 3.63) is 70.2 Å². The summed E-state index contributed by atoms with van der Waals surface area (Å²) in [6.45, 7) is 1.75. The van der Waals surface area contributed by atoms with Crippen LogP contribution in [0.15, 0.2) is 53.0 Å². The summed E-state index contributed by atoms with van der Waals surface area (Å²) in [4.78, 5) is 12.3. The van der Waals surface area contributed by atoms with Crippen molar-refractivity contribution in [1.82, 2.24) is 15.0 Å². The topological polar surface area (TPSA) is 59.8 Å². The number of nitrogens with one attached hydrogen (secondary N) is 1. The molecule has 0 unspecified atom stereocenters. The number of carbonyl (C=O) groups is 1. The van der Waals surface area contributed by atoms with Gasteiger partial charge in [-0.1, -0.05) is 23.4 Å². The van der Waals surface area contributed by atoms with Gasteiger partial charge in [-0.3, -0.25) is 4.79 Å². The summed E-state index contributed by atoms with van der Waals surface area (Å²) in [5.41, 5.74) is 1.92. The molecule has 0 aliphatic heterocycles. The molecule has 3 rings (SSSR count). The van der Waals surface area contributed by atoms with Gasteiger partial charge in [-0.2, -0.15) is 0 Å². The summed E-state index contributed by atoms with van der Waals surface area (Å²) >= 11 is 3.44. The highest BCUT2D eigenvalue weighted by Gasteiger charge is 2.18. The first-order chi connectivity index (χ1) is 11.1. The molecule has 0 saturated carbocycles. The lowest BCUT2D eigenvalue weighted by Gasteiger charge is -2.06. The Bertz CT molecular complexity index is 878. The summed E-state index contributed by atoms with van der Waals surface area (Å²) in [5, 5.41) is 10.6. The van der Waals surface area contributed by atoms with E-state index in [4.69, 9.17) is 0 Å². The van der Waals surface area contributed by atoms with Crippen LogP contribution in [0.3, 0.4) is 0 Å². The van der Waals surface area contributed by atoms with Crippen LogP contribution in [-0.2, 0) is 0 Å². The molecule has 0 bridgehead atoms. The summed E-state index contributed by atoms with van der Waals surface area (Å²) in [6.07, 6.45) is 0. The van der Waals surface area contributed by atoms with Crippen molar-refractivity contribution in [3.8, 4) is 5.69 Å². The summed E-state index contributed by atoms with van der Waals surface area (Å²) < 4.78 is 15.6. The number of para-hydroxylation sites is 1. The molecule has 3 aromatic rings. The van der Waals surface area contributed by atoms with E-state index in [-0.39, 0.29) is 5.69 Å². The van der Waals surface area contributed by atoms with Gasteiger partial charge in [-0.25, -0.2) is 9.07 Å². The zero-order valence-electron chi connectivity index (χ0n) is 12.1. The average Bonchev–Trinajstić information content (AvgIpc) is 2.89. The fraction of sp³-hybridized carbons (Fsp3) is 0.0625. The Morgan fingerprint density at radius 2 is 2.00 bits per heavy atom. The van der Waals surface area contributed by atoms with Gasteiger partial charge in [0.25, 0.3) is 5.91 Å². The number of hydrogen-bond donors (Lipinski definition) is 1. The lowest BCUT2D eigenvalue weighted by Crippen LogP contribution is -2.14. The minimum atomic E-state index is -0.439. The number of hydrogen-bond acceptors (Lipinski definition) is 3. The molecule has 0 spiro atoms. The third-order valence-corrected chi connectivity index (χ3v) is 3.94. The summed E-state index contributed by atoms with van der Waals surface area (Å²) in [6, 6.07) is 13.2. The Morgan fingerprint density at radius 3 is 2.74 bits per heavy atom. The van der Waals surface area contributed by atoms with Gasteiger partial charge in [0.1, 0.15) is 5.82 Å². The molecule has 7 heteroatoms. The van der Waals surface area contributed by atoms with Gasteiger partial charge in [0.2, 0.25) is 0 Å². The van der Waals surface area contributed by atoms with Crippen LogP contribution in [0.4, 0.5) is 10.1 Å². The highest BCUT2D eigenvalue weighted by molar-refractivity contribution is 9.10. The van der Waals surface area contributed by atoms with Crippen LogP contribution in [0.1, 0.15) is 16.2 Å². The van der Waals surface area contributed by atoms with Gasteiger partial charge in [-0.15, -0.1) is 5.10 Å². The number of aromatic nitrogens is 3. The van der Waals surface area contributed by atoms with Crippen LogP contribution in [-0.4, -0.2) is 20.9 Å². The van der Waals surface area contributed by atoms with Gasteiger partial charge in [0.15, 0.2) is 5.69 Å². The molecule has 5 nitrogen and oxygen atoms in total. The van der Waals surface area contributed by atoms with Crippen LogP contribution < -0.4 is 5.32 Å². The van der Waals surface area contributed by atoms with E-state index >= 15 is 0 Å². The van der Waals surface area contributed by atoms with Crippen molar-refractivity contribution in [3.63, 3.8) is 0 Å². The maximum Gasteiger partial charge on any atom is 0.278 e. The Morgan fingerprint density at radius 1 is 1.22 bits per heavy atom. The maximum atomic E-state index is 13.2. The first kappa shape index (κ1) is 15.4. The molecule has 0 aliphatic carbocycles. The number of nitrogens with zero attached hydrogens (tertiary/aromatic N) is 3. The maximum absolute atomic E-state index is 13.2. The van der Waals surface area contributed by atoms with Crippen LogP contribution in [0.5, 0.6) is 0 Å². The molecule has 0 radical (unpaired) electrons. The van der Waals surface area contributed by atoms with Crippen LogP contribution >= 0.6 is 15.9 Å². The highest BCUT2D eigenvalue weighted by Crippen LogP contribution is 2.22. The minimum absolute atomic E-state index is 0.185. The van der Waals surface area contributed by atoms with E-state index < -0.39 is 11.7 Å². The van der Waals surface area contributed by atoms with Crippen molar-refractivity contribution in [2.45, 2.75) is 6.92 Å². The molecular formula is C16H12BrFN4O. The highest BCUT2D eigenvalue weighted by atomic mass is 79.9. The minimum Gasteiger partial charge on any atom is -0.320 e. The Labute approximate surface area is 140 Å². The second kappa shape index (κ2) is 6.29. The smallest absolute Gasteiger partial charge is 0.278 e. The second-order valence-electron chi connectivity index (χ2n) is 4.85. The van der Waals surface area contributed by atoms with Crippen LogP contribution in [0, 0.1) is 12.7 Å². The molecule has 1 aromatic heterocycles. The fourth-order valence-electron chi connectivity index (χ4n) is 2.15. The molecular weight excluding hydrogens is 363 g/mol. The number of anilines is 1. The van der Waals surface area contributed by atoms with Gasteiger partial charge < -0.3 is 5.32 Å². The summed E-state index contributed by atoms with van der Waals surface area (Å²) in [5.74, 6) is -0.859. The van der Waals surface area contributed by atoms with E-state index in [1.165, 1.54) is 18.2 Å². The van der Waals surface area contributed by atoms with Crippen molar-refractivity contribution in [2.75, 3.05) is 5.32 Å². The Balaban J connectivity index is 1.90. The molecule has 2 aromatic carbocycles. The normalized spacial score (nSPS) is 10.6. The van der Waals surface area contributed by atoms with E-state index in [2.05, 4.69) is 31.6 Å². The molecule has 0 saturated heterocycles. The molecule has 116 valence electrons. The van der Waals surface area contributed by atoms with Gasteiger partial charge >= 0.3 is 0 Å². The largest absolute Gasteiger partial charge is 0.320 e. The monoisotopic (exact) mass is 374 g/mol. The van der Waals surface area contributed by atoms with Crippen LogP contribution in [0.2, 0.25) is 0 Å². The standard InChI is InChI=1S/C16H12BrFN4O/c1-10-15(16(23)19-12-6-4-5-11(18)9-12)20-21-22(10)14-8-3-2-7-13(14)17/h2-9H,1H3,(H,19,23). The second-order valence-corrected chi connectivity index (χ2v) is 5.71. The molecule has 1 amide bonds. The van der Waals surface area contributed by atoms with E-state index in [9.17, 15) is 9.18 Å². The van der Waals surface area contributed by atoms with Crippen molar-refractivity contribution in [2.24, 2.45) is 0 Å². The van der Waals surface area contributed by atoms with Gasteiger partial charge in [0.05, 0.1) is 11.4 Å². The predicted molar refractivity (Wildman–Crippen MR) is 88.1 cm³/mol. The lowest BCUT2D eigenvalue weighted by atomic mass is 10.2. The van der Waals surface area contributed by atoms with Crippen molar-refractivity contribution < 1.29 is 9.18 Å². The zero-order valence-corrected chi connectivity index (χ0v) is 13.7. The third-order valence-electron chi connectivity index (χ3n) is 3.27. The van der Waals surface area contributed by atoms with Gasteiger partial charge in [-0.05, 0) is 53.2 Å². The predicted octanol–water partition coefficient (Wildman–Crippen LogP) is 3.73. The Hall–Kier alpha value is -2.54. The third kappa shape index (κ3) is 3.14. The molecule has 1 heterocycles. The quantitative estimate of drug-likeness (QED) is 0.759.